The van der Waals surface area contributed by atoms with Crippen LogP contribution in [0.4, 0.5) is 5.69 Å². The summed E-state index contributed by atoms with van der Waals surface area (Å²) in [6.07, 6.45) is 2.29. The number of benzene rings is 1. The van der Waals surface area contributed by atoms with Crippen molar-refractivity contribution < 1.29 is 4.79 Å². The first-order chi connectivity index (χ1) is 10.2. The second-order valence-corrected chi connectivity index (χ2v) is 5.26. The van der Waals surface area contributed by atoms with Crippen molar-refractivity contribution in [3.8, 4) is 0 Å². The number of piperazine rings is 1. The molecule has 0 radical (unpaired) electrons. The standard InChI is InChI=1S/C16H19N3O2/c1-2-18-10-12(11-20)16(21)14-4-3-13(9-15(14)18)19-7-5-17-6-8-19/h3-4,9-11,17H,2,5-8H2,1H3. The molecule has 1 saturated heterocycles. The molecule has 1 fully saturated rings. The van der Waals surface area contributed by atoms with Crippen molar-refractivity contribution in [2.24, 2.45) is 0 Å². The fraction of sp³-hybridized carbons (Fsp3) is 0.375. The lowest BCUT2D eigenvalue weighted by Crippen LogP contribution is -2.43. The number of carbonyl (C=O) groups excluding carboxylic acids is 1. The quantitative estimate of drug-likeness (QED) is 0.862. The van der Waals surface area contributed by atoms with Crippen LogP contribution in [-0.4, -0.2) is 37.0 Å². The first-order valence-corrected chi connectivity index (χ1v) is 7.32. The van der Waals surface area contributed by atoms with Gasteiger partial charge in [0.15, 0.2) is 11.7 Å². The van der Waals surface area contributed by atoms with Crippen LogP contribution in [0.3, 0.4) is 0 Å². The fourth-order valence-electron chi connectivity index (χ4n) is 2.87. The number of hydrogen-bond acceptors (Lipinski definition) is 4. The van der Waals surface area contributed by atoms with Gasteiger partial charge < -0.3 is 14.8 Å². The van der Waals surface area contributed by atoms with Crippen LogP contribution < -0.4 is 15.6 Å². The number of aryl methyl sites for hydroxylation is 1. The van der Waals surface area contributed by atoms with E-state index in [0.29, 0.717) is 11.7 Å². The van der Waals surface area contributed by atoms with Crippen LogP contribution in [0.5, 0.6) is 0 Å². The summed E-state index contributed by atoms with van der Waals surface area (Å²) in [5.41, 5.74) is 2.06. The number of fused-ring (bicyclic) bond motifs is 1. The monoisotopic (exact) mass is 285 g/mol. The molecule has 0 amide bonds. The molecular weight excluding hydrogens is 266 g/mol. The Bertz CT molecular complexity index is 730. The Kier molecular flexibility index (Phi) is 3.75. The summed E-state index contributed by atoms with van der Waals surface area (Å²) < 4.78 is 1.96. The van der Waals surface area contributed by atoms with Crippen molar-refractivity contribution in [1.82, 2.24) is 9.88 Å². The Labute approximate surface area is 123 Å². The van der Waals surface area contributed by atoms with E-state index in [0.717, 1.165) is 43.9 Å². The summed E-state index contributed by atoms with van der Waals surface area (Å²) in [7, 11) is 0. The van der Waals surface area contributed by atoms with Crippen molar-refractivity contribution in [2.75, 3.05) is 31.1 Å². The zero-order valence-corrected chi connectivity index (χ0v) is 12.1. The molecule has 1 N–H and O–H groups in total. The molecule has 5 nitrogen and oxygen atoms in total. The first-order valence-electron chi connectivity index (χ1n) is 7.32. The Balaban J connectivity index is 2.16. The lowest BCUT2D eigenvalue weighted by atomic mass is 10.1. The third-order valence-electron chi connectivity index (χ3n) is 4.04. The Morgan fingerprint density at radius 3 is 2.71 bits per heavy atom. The van der Waals surface area contributed by atoms with Gasteiger partial charge in [0, 0.05) is 50.0 Å². The van der Waals surface area contributed by atoms with Crippen molar-refractivity contribution in [2.45, 2.75) is 13.5 Å². The zero-order valence-electron chi connectivity index (χ0n) is 12.1. The highest BCUT2D eigenvalue weighted by Gasteiger charge is 2.13. The number of anilines is 1. The van der Waals surface area contributed by atoms with E-state index in [-0.39, 0.29) is 11.0 Å². The molecule has 1 aliphatic rings. The van der Waals surface area contributed by atoms with Gasteiger partial charge in [-0.2, -0.15) is 0 Å². The van der Waals surface area contributed by atoms with Crippen molar-refractivity contribution >= 4 is 22.9 Å². The zero-order chi connectivity index (χ0) is 14.8. The lowest BCUT2D eigenvalue weighted by molar-refractivity contribution is 0.112. The summed E-state index contributed by atoms with van der Waals surface area (Å²) in [5.74, 6) is 0. The third kappa shape index (κ3) is 2.45. The predicted octanol–water partition coefficient (Wildman–Crippen LogP) is 1.24. The van der Waals surface area contributed by atoms with Gasteiger partial charge >= 0.3 is 0 Å². The summed E-state index contributed by atoms with van der Waals surface area (Å²) in [4.78, 5) is 25.6. The largest absolute Gasteiger partial charge is 0.369 e. The average molecular weight is 285 g/mol. The minimum Gasteiger partial charge on any atom is -0.369 e. The Morgan fingerprint density at radius 2 is 2.05 bits per heavy atom. The van der Waals surface area contributed by atoms with Crippen LogP contribution in [0.1, 0.15) is 17.3 Å². The van der Waals surface area contributed by atoms with E-state index in [1.54, 1.807) is 6.20 Å². The van der Waals surface area contributed by atoms with Gasteiger partial charge in [-0.1, -0.05) is 0 Å². The molecule has 0 bridgehead atoms. The summed E-state index contributed by atoms with van der Waals surface area (Å²) in [5, 5.41) is 3.94. The first kappa shape index (κ1) is 13.8. The van der Waals surface area contributed by atoms with E-state index < -0.39 is 0 Å². The van der Waals surface area contributed by atoms with Gasteiger partial charge in [-0.25, -0.2) is 0 Å². The number of nitrogens with one attached hydrogen (secondary N) is 1. The average Bonchev–Trinajstić information content (AvgIpc) is 2.56. The minimum absolute atomic E-state index is 0.184. The molecule has 2 heterocycles. The minimum atomic E-state index is -0.184. The molecule has 5 heteroatoms. The van der Waals surface area contributed by atoms with Crippen LogP contribution in [0.2, 0.25) is 0 Å². The van der Waals surface area contributed by atoms with Crippen LogP contribution in [0.15, 0.2) is 29.2 Å². The molecule has 1 aromatic carbocycles. The van der Waals surface area contributed by atoms with Gasteiger partial charge in [0.05, 0.1) is 11.1 Å². The fourth-order valence-corrected chi connectivity index (χ4v) is 2.87. The van der Waals surface area contributed by atoms with E-state index in [2.05, 4.69) is 16.3 Å². The number of pyridine rings is 1. The summed E-state index contributed by atoms with van der Waals surface area (Å²) >= 11 is 0. The summed E-state index contributed by atoms with van der Waals surface area (Å²) in [6.45, 7) is 6.62. The van der Waals surface area contributed by atoms with Gasteiger partial charge in [0.1, 0.15) is 0 Å². The summed E-state index contributed by atoms with van der Waals surface area (Å²) in [6, 6.07) is 5.87. The molecule has 3 rings (SSSR count). The molecule has 1 aliphatic heterocycles. The van der Waals surface area contributed by atoms with E-state index in [1.165, 1.54) is 0 Å². The van der Waals surface area contributed by atoms with E-state index in [9.17, 15) is 9.59 Å². The number of aldehydes is 1. The second kappa shape index (κ2) is 5.69. The number of carbonyl (C=O) groups is 1. The molecule has 0 saturated carbocycles. The Morgan fingerprint density at radius 1 is 1.29 bits per heavy atom. The molecule has 2 aromatic rings. The normalized spacial score (nSPS) is 15.4. The maximum Gasteiger partial charge on any atom is 0.199 e. The maximum absolute atomic E-state index is 12.2. The molecule has 0 atom stereocenters. The third-order valence-corrected chi connectivity index (χ3v) is 4.04. The predicted molar refractivity (Wildman–Crippen MR) is 84.4 cm³/mol. The SMILES string of the molecule is CCn1cc(C=O)c(=O)c2ccc(N3CCNCC3)cc21. The highest BCUT2D eigenvalue weighted by Crippen LogP contribution is 2.21. The molecule has 0 spiro atoms. The molecule has 110 valence electrons. The van der Waals surface area contributed by atoms with Crippen LogP contribution in [0, 0.1) is 0 Å². The van der Waals surface area contributed by atoms with Gasteiger partial charge in [-0.15, -0.1) is 0 Å². The van der Waals surface area contributed by atoms with Crippen molar-refractivity contribution in [1.29, 1.82) is 0 Å². The molecular formula is C16H19N3O2. The van der Waals surface area contributed by atoms with Gasteiger partial charge in [0.25, 0.3) is 0 Å². The van der Waals surface area contributed by atoms with E-state index in [1.807, 2.05) is 23.6 Å². The van der Waals surface area contributed by atoms with Crippen molar-refractivity contribution in [3.63, 3.8) is 0 Å². The van der Waals surface area contributed by atoms with Crippen molar-refractivity contribution in [3.05, 3.63) is 40.2 Å². The highest BCUT2D eigenvalue weighted by atomic mass is 16.1. The van der Waals surface area contributed by atoms with Crippen LogP contribution >= 0.6 is 0 Å². The van der Waals surface area contributed by atoms with Gasteiger partial charge in [-0.3, -0.25) is 9.59 Å². The number of aromatic nitrogens is 1. The van der Waals surface area contributed by atoms with Gasteiger partial charge in [-0.05, 0) is 25.1 Å². The molecule has 21 heavy (non-hydrogen) atoms. The topological polar surface area (TPSA) is 54.3 Å². The highest BCUT2D eigenvalue weighted by molar-refractivity contribution is 5.88. The lowest BCUT2D eigenvalue weighted by Gasteiger charge is -2.29. The maximum atomic E-state index is 12.2. The number of nitrogens with zero attached hydrogens (tertiary/aromatic N) is 2. The number of hydrogen-bond donors (Lipinski definition) is 1. The van der Waals surface area contributed by atoms with Gasteiger partial charge in [0.2, 0.25) is 0 Å². The molecule has 0 unspecified atom stereocenters. The molecule has 0 aliphatic carbocycles. The van der Waals surface area contributed by atoms with Crippen LogP contribution in [0.25, 0.3) is 10.9 Å². The molecule has 1 aromatic heterocycles. The van der Waals surface area contributed by atoms with E-state index >= 15 is 0 Å². The van der Waals surface area contributed by atoms with E-state index in [4.69, 9.17) is 0 Å². The number of rotatable bonds is 3. The van der Waals surface area contributed by atoms with Crippen LogP contribution in [-0.2, 0) is 6.54 Å². The Hall–Kier alpha value is -2.14. The smallest absolute Gasteiger partial charge is 0.199 e. The second-order valence-electron chi connectivity index (χ2n) is 5.26.